The Bertz CT molecular complexity index is 887. The number of fused-ring (bicyclic) bond motifs is 2. The van der Waals surface area contributed by atoms with E-state index >= 15 is 0 Å². The van der Waals surface area contributed by atoms with Crippen LogP contribution in [0.5, 0.6) is 11.5 Å². The third-order valence-electron chi connectivity index (χ3n) is 5.88. The molecule has 8 heteroatoms. The van der Waals surface area contributed by atoms with E-state index < -0.39 is 5.79 Å². The second kappa shape index (κ2) is 7.26. The Labute approximate surface area is 169 Å². The number of hydrogen-bond donors (Lipinski definition) is 1. The number of aryl methyl sites for hydroxylation is 1. The molecule has 0 bridgehead atoms. The number of ether oxygens (including phenoxy) is 3. The second-order valence-corrected chi connectivity index (χ2v) is 7.92. The van der Waals surface area contributed by atoms with Crippen LogP contribution in [0, 0.1) is 0 Å². The number of nitrogens with one attached hydrogen (secondary N) is 1. The molecule has 1 fully saturated rings. The van der Waals surface area contributed by atoms with Crippen molar-refractivity contribution in [3.63, 3.8) is 0 Å². The number of benzene rings is 1. The maximum absolute atomic E-state index is 13.0. The fourth-order valence-electron chi connectivity index (χ4n) is 4.41. The Morgan fingerprint density at radius 1 is 1.34 bits per heavy atom. The molecule has 2 aliphatic heterocycles. The highest BCUT2D eigenvalue weighted by atomic mass is 16.7. The summed E-state index contributed by atoms with van der Waals surface area (Å²) in [5, 5.41) is 7.88. The molecule has 3 heterocycles. The van der Waals surface area contributed by atoms with Crippen molar-refractivity contribution < 1.29 is 19.0 Å². The monoisotopic (exact) mass is 398 g/mol. The van der Waals surface area contributed by atoms with Crippen LogP contribution in [0.2, 0.25) is 0 Å². The van der Waals surface area contributed by atoms with E-state index in [1.165, 1.54) is 5.56 Å². The van der Waals surface area contributed by atoms with Gasteiger partial charge in [0, 0.05) is 26.3 Å². The molecule has 1 aromatic heterocycles. The van der Waals surface area contributed by atoms with E-state index in [-0.39, 0.29) is 12.1 Å². The lowest BCUT2D eigenvalue weighted by Crippen LogP contribution is -2.46. The van der Waals surface area contributed by atoms with Gasteiger partial charge < -0.3 is 24.4 Å². The van der Waals surface area contributed by atoms with Gasteiger partial charge in [0.15, 0.2) is 11.5 Å². The van der Waals surface area contributed by atoms with Gasteiger partial charge >= 0.3 is 6.03 Å². The highest BCUT2D eigenvalue weighted by Gasteiger charge is 2.49. The molecule has 8 nitrogen and oxygen atoms in total. The van der Waals surface area contributed by atoms with Gasteiger partial charge in [-0.2, -0.15) is 5.10 Å². The first-order chi connectivity index (χ1) is 14.2. The maximum atomic E-state index is 13.0. The summed E-state index contributed by atoms with van der Waals surface area (Å²) in [6.07, 6.45) is 5.67. The number of methoxy groups -OCH3 is 1. The van der Waals surface area contributed by atoms with Gasteiger partial charge in [0.1, 0.15) is 0 Å². The van der Waals surface area contributed by atoms with Gasteiger partial charge in [-0.3, -0.25) is 4.68 Å². The first kappa shape index (κ1) is 18.3. The van der Waals surface area contributed by atoms with Crippen molar-refractivity contribution in [1.29, 1.82) is 0 Å². The van der Waals surface area contributed by atoms with Crippen molar-refractivity contribution in [2.45, 2.75) is 44.1 Å². The highest BCUT2D eigenvalue weighted by Crippen LogP contribution is 2.43. The molecule has 0 saturated carbocycles. The molecule has 1 spiro atoms. The van der Waals surface area contributed by atoms with E-state index in [4.69, 9.17) is 19.3 Å². The molecule has 1 saturated heterocycles. The number of likely N-dealkylation sites (tertiary alicyclic amines) is 1. The van der Waals surface area contributed by atoms with E-state index in [1.54, 1.807) is 12.0 Å². The maximum Gasteiger partial charge on any atom is 0.318 e. The standard InChI is InChI=1S/C21H26N4O4/c1-27-12-11-25-13-15-5-4-6-16(19(15)23-25)22-20(26)24-10-9-21(14-24)28-17-7-2-3-8-18(17)29-21/h2-3,7-8,13,16H,4-6,9-12,14H2,1H3,(H,22,26). The predicted octanol–water partition coefficient (Wildman–Crippen LogP) is 2.49. The predicted molar refractivity (Wildman–Crippen MR) is 105 cm³/mol. The van der Waals surface area contributed by atoms with E-state index in [0.717, 1.165) is 36.5 Å². The number of carbonyl (C=O) groups is 1. The average Bonchev–Trinajstić information content (AvgIpc) is 3.42. The topological polar surface area (TPSA) is 77.9 Å². The van der Waals surface area contributed by atoms with E-state index in [9.17, 15) is 4.79 Å². The number of aromatic nitrogens is 2. The van der Waals surface area contributed by atoms with Gasteiger partial charge in [0.2, 0.25) is 0 Å². The molecule has 2 aromatic rings. The Balaban J connectivity index is 1.24. The zero-order valence-corrected chi connectivity index (χ0v) is 16.6. The summed E-state index contributed by atoms with van der Waals surface area (Å²) in [6.45, 7) is 2.35. The van der Waals surface area contributed by atoms with Crippen molar-refractivity contribution in [1.82, 2.24) is 20.0 Å². The molecule has 1 aromatic carbocycles. The minimum atomic E-state index is -0.763. The van der Waals surface area contributed by atoms with Crippen LogP contribution in [-0.2, 0) is 17.7 Å². The van der Waals surface area contributed by atoms with E-state index in [0.29, 0.717) is 32.7 Å². The Morgan fingerprint density at radius 2 is 2.14 bits per heavy atom. The fourth-order valence-corrected chi connectivity index (χ4v) is 4.41. The Kier molecular flexibility index (Phi) is 4.58. The lowest BCUT2D eigenvalue weighted by molar-refractivity contribution is -0.0650. The number of carbonyl (C=O) groups excluding carboxylic acids is 1. The van der Waals surface area contributed by atoms with Crippen molar-refractivity contribution in [3.05, 3.63) is 41.7 Å². The summed E-state index contributed by atoms with van der Waals surface area (Å²) < 4.78 is 19.2. The van der Waals surface area contributed by atoms with Crippen molar-refractivity contribution in [3.8, 4) is 11.5 Å². The van der Waals surface area contributed by atoms with Crippen LogP contribution >= 0.6 is 0 Å². The SMILES string of the molecule is COCCn1cc2c(n1)C(NC(=O)N1CCC3(C1)Oc1ccccc1O3)CCC2. The molecule has 0 radical (unpaired) electrons. The van der Waals surface area contributed by atoms with Crippen LogP contribution in [0.25, 0.3) is 0 Å². The van der Waals surface area contributed by atoms with Crippen molar-refractivity contribution in [2.24, 2.45) is 0 Å². The van der Waals surface area contributed by atoms with Gasteiger partial charge in [-0.1, -0.05) is 12.1 Å². The van der Waals surface area contributed by atoms with Crippen LogP contribution in [-0.4, -0.2) is 53.3 Å². The summed E-state index contributed by atoms with van der Waals surface area (Å²) in [5.41, 5.74) is 2.20. The van der Waals surface area contributed by atoms with Gasteiger partial charge in [0.05, 0.1) is 31.4 Å². The summed E-state index contributed by atoms with van der Waals surface area (Å²) >= 11 is 0. The molecule has 2 amide bonds. The molecule has 1 unspecified atom stereocenters. The zero-order chi connectivity index (χ0) is 19.8. The summed E-state index contributed by atoms with van der Waals surface area (Å²) in [7, 11) is 1.69. The summed E-state index contributed by atoms with van der Waals surface area (Å²) in [6, 6.07) is 7.50. The number of urea groups is 1. The minimum absolute atomic E-state index is 0.0609. The van der Waals surface area contributed by atoms with Crippen LogP contribution < -0.4 is 14.8 Å². The second-order valence-electron chi connectivity index (χ2n) is 7.92. The van der Waals surface area contributed by atoms with Crippen LogP contribution in [0.3, 0.4) is 0 Å². The smallest absolute Gasteiger partial charge is 0.318 e. The third-order valence-corrected chi connectivity index (χ3v) is 5.88. The van der Waals surface area contributed by atoms with E-state index in [1.807, 2.05) is 28.9 Å². The molecule has 3 aliphatic rings. The largest absolute Gasteiger partial charge is 0.447 e. The molecule has 5 rings (SSSR count). The molecular formula is C21H26N4O4. The molecule has 1 atom stereocenters. The van der Waals surface area contributed by atoms with Gasteiger partial charge in [0.25, 0.3) is 5.79 Å². The fraction of sp³-hybridized carbons (Fsp3) is 0.524. The average molecular weight is 398 g/mol. The van der Waals surface area contributed by atoms with Crippen molar-refractivity contribution >= 4 is 6.03 Å². The Morgan fingerprint density at radius 3 is 2.90 bits per heavy atom. The van der Waals surface area contributed by atoms with Gasteiger partial charge in [-0.05, 0) is 37.0 Å². The number of amides is 2. The molecule has 1 N–H and O–H groups in total. The summed E-state index contributed by atoms with van der Waals surface area (Å²) in [4.78, 5) is 14.7. The van der Waals surface area contributed by atoms with Crippen molar-refractivity contribution in [2.75, 3.05) is 26.8 Å². The lowest BCUT2D eigenvalue weighted by atomic mass is 9.94. The summed E-state index contributed by atoms with van der Waals surface area (Å²) in [5.74, 6) is 0.724. The lowest BCUT2D eigenvalue weighted by Gasteiger charge is -2.26. The van der Waals surface area contributed by atoms with Gasteiger partial charge in [-0.15, -0.1) is 0 Å². The van der Waals surface area contributed by atoms with Gasteiger partial charge in [-0.25, -0.2) is 4.79 Å². The molecule has 29 heavy (non-hydrogen) atoms. The first-order valence-electron chi connectivity index (χ1n) is 10.2. The number of rotatable bonds is 4. The number of para-hydroxylation sites is 2. The molecule has 1 aliphatic carbocycles. The Hall–Kier alpha value is -2.74. The highest BCUT2D eigenvalue weighted by molar-refractivity contribution is 5.75. The third kappa shape index (κ3) is 3.42. The number of nitrogens with zero attached hydrogens (tertiary/aromatic N) is 3. The minimum Gasteiger partial charge on any atom is -0.447 e. The van der Waals surface area contributed by atoms with Crippen LogP contribution in [0.4, 0.5) is 4.79 Å². The normalized spacial score (nSPS) is 21.4. The molecule has 154 valence electrons. The number of hydrogen-bond acceptors (Lipinski definition) is 5. The zero-order valence-electron chi connectivity index (χ0n) is 16.6. The van der Waals surface area contributed by atoms with E-state index in [2.05, 4.69) is 11.5 Å². The van der Waals surface area contributed by atoms with Crippen LogP contribution in [0.1, 0.15) is 36.6 Å². The quantitative estimate of drug-likeness (QED) is 0.856. The first-order valence-corrected chi connectivity index (χ1v) is 10.2. The van der Waals surface area contributed by atoms with Crippen LogP contribution in [0.15, 0.2) is 30.5 Å². The molecular weight excluding hydrogens is 372 g/mol.